The molecular weight excluding hydrogens is 443 g/mol. The third-order valence-electron chi connectivity index (χ3n) is 6.10. The number of imidazole rings is 1. The summed E-state index contributed by atoms with van der Waals surface area (Å²) in [7, 11) is 0. The van der Waals surface area contributed by atoms with Crippen molar-refractivity contribution in [2.24, 2.45) is 0 Å². The fraction of sp³-hybridized carbons (Fsp3) is 0.192. The van der Waals surface area contributed by atoms with Crippen molar-refractivity contribution >= 4 is 28.7 Å². The van der Waals surface area contributed by atoms with E-state index >= 15 is 0 Å². The number of nitrogens with one attached hydrogen (secondary N) is 2. The molecule has 1 fully saturated rings. The molecule has 4 aromatic heterocycles. The van der Waals surface area contributed by atoms with E-state index in [0.29, 0.717) is 40.9 Å². The molecule has 2 N–H and O–H groups in total. The maximum absolute atomic E-state index is 13.7. The second-order valence-corrected chi connectivity index (χ2v) is 8.52. The molecule has 6 rings (SSSR count). The van der Waals surface area contributed by atoms with Crippen molar-refractivity contribution in [3.63, 3.8) is 0 Å². The molecule has 1 saturated carbocycles. The van der Waals surface area contributed by atoms with Crippen LogP contribution < -0.4 is 10.6 Å². The van der Waals surface area contributed by atoms with E-state index in [1.165, 1.54) is 25.0 Å². The van der Waals surface area contributed by atoms with Crippen LogP contribution in [0.4, 0.5) is 22.0 Å². The van der Waals surface area contributed by atoms with Crippen molar-refractivity contribution in [1.29, 1.82) is 0 Å². The van der Waals surface area contributed by atoms with Crippen molar-refractivity contribution in [3.05, 3.63) is 78.9 Å². The highest BCUT2D eigenvalue weighted by Gasteiger charge is 2.19. The Bertz CT molecular complexity index is 1460. The number of nitrogens with zero attached hydrogens (tertiary/aromatic N) is 6. The minimum Gasteiger partial charge on any atom is -0.351 e. The van der Waals surface area contributed by atoms with Gasteiger partial charge in [0.25, 0.3) is 0 Å². The molecule has 0 amide bonds. The molecule has 0 bridgehead atoms. The monoisotopic (exact) mass is 466 g/mol. The van der Waals surface area contributed by atoms with Crippen LogP contribution in [0.2, 0.25) is 0 Å². The SMILES string of the molecule is Fc1ccc(-c2nc3nc(Nc4ccccn4)ccc3n2-c2ccnc(NC3CCCC3)n2)cc1. The summed E-state index contributed by atoms with van der Waals surface area (Å²) in [5.41, 5.74) is 2.07. The summed E-state index contributed by atoms with van der Waals surface area (Å²) in [6.45, 7) is 0. The molecule has 9 heteroatoms. The van der Waals surface area contributed by atoms with Crippen LogP contribution >= 0.6 is 0 Å². The van der Waals surface area contributed by atoms with Gasteiger partial charge >= 0.3 is 0 Å². The fourth-order valence-electron chi connectivity index (χ4n) is 4.42. The van der Waals surface area contributed by atoms with Gasteiger partial charge in [0.05, 0.1) is 5.52 Å². The second-order valence-electron chi connectivity index (χ2n) is 8.52. The van der Waals surface area contributed by atoms with Crippen LogP contribution in [0.1, 0.15) is 25.7 Å². The Kier molecular flexibility index (Phi) is 5.50. The Morgan fingerprint density at radius 3 is 2.46 bits per heavy atom. The van der Waals surface area contributed by atoms with Crippen LogP contribution in [0.5, 0.6) is 0 Å². The molecule has 0 aliphatic heterocycles. The summed E-state index contributed by atoms with van der Waals surface area (Å²) in [5, 5.41) is 6.66. The zero-order valence-electron chi connectivity index (χ0n) is 18.9. The van der Waals surface area contributed by atoms with Crippen LogP contribution in [0.15, 0.2) is 73.1 Å². The summed E-state index contributed by atoms with van der Waals surface area (Å²) in [6.07, 6.45) is 8.15. The number of aromatic nitrogens is 6. The van der Waals surface area contributed by atoms with Gasteiger partial charge in [0.1, 0.15) is 29.1 Å². The Morgan fingerprint density at radius 2 is 1.66 bits per heavy atom. The summed E-state index contributed by atoms with van der Waals surface area (Å²) < 4.78 is 15.6. The highest BCUT2D eigenvalue weighted by atomic mass is 19.1. The van der Waals surface area contributed by atoms with E-state index in [2.05, 4.69) is 20.6 Å². The van der Waals surface area contributed by atoms with Gasteiger partial charge < -0.3 is 10.6 Å². The number of anilines is 3. The minimum absolute atomic E-state index is 0.304. The normalized spacial score (nSPS) is 13.9. The average molecular weight is 467 g/mol. The largest absolute Gasteiger partial charge is 0.351 e. The summed E-state index contributed by atoms with van der Waals surface area (Å²) in [6, 6.07) is 17.9. The number of fused-ring (bicyclic) bond motifs is 1. The lowest BCUT2D eigenvalue weighted by atomic mass is 10.2. The molecule has 35 heavy (non-hydrogen) atoms. The van der Waals surface area contributed by atoms with Gasteiger partial charge in [-0.1, -0.05) is 18.9 Å². The van der Waals surface area contributed by atoms with E-state index < -0.39 is 0 Å². The predicted octanol–water partition coefficient (Wildman–Crippen LogP) is 5.51. The minimum atomic E-state index is -0.304. The summed E-state index contributed by atoms with van der Waals surface area (Å²) in [5.74, 6) is 2.88. The van der Waals surface area contributed by atoms with Gasteiger partial charge in [0, 0.05) is 24.0 Å². The molecule has 0 saturated heterocycles. The van der Waals surface area contributed by atoms with Crippen molar-refractivity contribution in [2.45, 2.75) is 31.7 Å². The Labute approximate surface area is 201 Å². The van der Waals surface area contributed by atoms with Crippen LogP contribution in [0, 0.1) is 5.82 Å². The standard InChI is InChI=1S/C26H23FN8/c27-18-10-8-17(9-11-18)25-34-24-20(12-13-22(32-24)31-21-7-3-4-15-28-21)35(25)23-14-16-29-26(33-23)30-19-5-1-2-6-19/h3-4,7-16,19H,1-2,5-6H2,(H,28,31,32)(H,29,30,33). The quantitative estimate of drug-likeness (QED) is 0.341. The van der Waals surface area contributed by atoms with Gasteiger partial charge in [-0.3, -0.25) is 4.57 Å². The molecule has 0 atom stereocenters. The molecule has 1 aliphatic rings. The molecule has 0 spiro atoms. The summed E-state index contributed by atoms with van der Waals surface area (Å²) in [4.78, 5) is 23.0. The van der Waals surface area contributed by atoms with Gasteiger partial charge in [-0.2, -0.15) is 4.98 Å². The Hall–Kier alpha value is -4.40. The Balaban J connectivity index is 1.45. The topological polar surface area (TPSA) is 93.4 Å². The first-order valence-electron chi connectivity index (χ1n) is 11.7. The molecule has 4 heterocycles. The lowest BCUT2D eigenvalue weighted by Crippen LogP contribution is -2.17. The molecule has 0 radical (unpaired) electrons. The molecule has 1 aliphatic carbocycles. The lowest BCUT2D eigenvalue weighted by Gasteiger charge is -2.14. The molecule has 0 unspecified atom stereocenters. The van der Waals surface area contributed by atoms with E-state index in [9.17, 15) is 4.39 Å². The summed E-state index contributed by atoms with van der Waals surface area (Å²) >= 11 is 0. The average Bonchev–Trinajstić information content (AvgIpc) is 3.53. The highest BCUT2D eigenvalue weighted by Crippen LogP contribution is 2.29. The Morgan fingerprint density at radius 1 is 0.800 bits per heavy atom. The number of pyridine rings is 2. The van der Waals surface area contributed by atoms with Crippen molar-refractivity contribution < 1.29 is 4.39 Å². The fourth-order valence-corrected chi connectivity index (χ4v) is 4.42. The second kappa shape index (κ2) is 9.09. The first kappa shape index (κ1) is 21.2. The third-order valence-corrected chi connectivity index (χ3v) is 6.10. The van der Waals surface area contributed by atoms with Crippen LogP contribution in [-0.2, 0) is 0 Å². The van der Waals surface area contributed by atoms with Gasteiger partial charge in [-0.25, -0.2) is 24.3 Å². The molecule has 8 nitrogen and oxygen atoms in total. The predicted molar refractivity (Wildman–Crippen MR) is 133 cm³/mol. The van der Waals surface area contributed by atoms with Crippen LogP contribution in [0.3, 0.4) is 0 Å². The van der Waals surface area contributed by atoms with Gasteiger partial charge in [-0.15, -0.1) is 0 Å². The molecule has 5 aromatic rings. The van der Waals surface area contributed by atoms with E-state index in [0.717, 1.165) is 23.9 Å². The van der Waals surface area contributed by atoms with Crippen molar-refractivity contribution in [3.8, 4) is 17.2 Å². The number of benzene rings is 1. The number of hydrogen-bond donors (Lipinski definition) is 2. The maximum Gasteiger partial charge on any atom is 0.224 e. The van der Waals surface area contributed by atoms with E-state index in [4.69, 9.17) is 15.0 Å². The number of halogens is 1. The lowest BCUT2D eigenvalue weighted by molar-refractivity contribution is 0.628. The smallest absolute Gasteiger partial charge is 0.224 e. The highest BCUT2D eigenvalue weighted by molar-refractivity contribution is 5.81. The molecule has 1 aromatic carbocycles. The molecule has 174 valence electrons. The number of rotatable bonds is 6. The van der Waals surface area contributed by atoms with Crippen LogP contribution in [0.25, 0.3) is 28.4 Å². The maximum atomic E-state index is 13.7. The van der Waals surface area contributed by atoms with E-state index in [-0.39, 0.29) is 5.82 Å². The zero-order valence-corrected chi connectivity index (χ0v) is 18.9. The van der Waals surface area contributed by atoms with Gasteiger partial charge in [0.2, 0.25) is 5.95 Å². The van der Waals surface area contributed by atoms with Gasteiger partial charge in [-0.05, 0) is 67.4 Å². The van der Waals surface area contributed by atoms with Crippen LogP contribution in [-0.4, -0.2) is 35.5 Å². The van der Waals surface area contributed by atoms with Gasteiger partial charge in [0.15, 0.2) is 5.65 Å². The van der Waals surface area contributed by atoms with Crippen molar-refractivity contribution in [1.82, 2.24) is 29.5 Å². The molecular formula is C26H23FN8. The zero-order chi connectivity index (χ0) is 23.6. The first-order chi connectivity index (χ1) is 17.2. The van der Waals surface area contributed by atoms with Crippen molar-refractivity contribution in [2.75, 3.05) is 10.6 Å². The third kappa shape index (κ3) is 4.40. The number of hydrogen-bond acceptors (Lipinski definition) is 7. The first-order valence-corrected chi connectivity index (χ1v) is 11.7. The van der Waals surface area contributed by atoms with E-state index in [1.54, 1.807) is 24.5 Å². The van der Waals surface area contributed by atoms with E-state index in [1.807, 2.05) is 41.0 Å².